The molecule has 1 atom stereocenters. The molecule has 0 aromatic heterocycles. The van der Waals surface area contributed by atoms with E-state index in [0.29, 0.717) is 17.7 Å². The number of hydrogen-bond donors (Lipinski definition) is 1. The average Bonchev–Trinajstić information content (AvgIpc) is 2.94. The fourth-order valence-electron chi connectivity index (χ4n) is 3.73. The summed E-state index contributed by atoms with van der Waals surface area (Å²) >= 11 is 0. The molecule has 0 aliphatic carbocycles. The van der Waals surface area contributed by atoms with Gasteiger partial charge in [-0.15, -0.1) is 0 Å². The Morgan fingerprint density at radius 1 is 0.963 bits per heavy atom. The van der Waals surface area contributed by atoms with Gasteiger partial charge in [-0.05, 0) is 43.7 Å². The van der Waals surface area contributed by atoms with Crippen molar-refractivity contribution < 1.29 is 14.4 Å². The minimum atomic E-state index is -0.258. The zero-order chi connectivity index (χ0) is 18.8. The summed E-state index contributed by atoms with van der Waals surface area (Å²) in [6.07, 6.45) is 1.66. The van der Waals surface area contributed by atoms with Gasteiger partial charge in [0.15, 0.2) is 0 Å². The lowest BCUT2D eigenvalue weighted by molar-refractivity contribution is -0.121. The first-order chi connectivity index (χ1) is 13.1. The molecule has 1 fully saturated rings. The van der Waals surface area contributed by atoms with Gasteiger partial charge < -0.3 is 5.32 Å². The maximum atomic E-state index is 12.6. The quantitative estimate of drug-likeness (QED) is 0.848. The summed E-state index contributed by atoms with van der Waals surface area (Å²) in [6, 6.07) is 16.3. The van der Waals surface area contributed by atoms with Crippen molar-refractivity contribution >= 4 is 23.4 Å². The molecule has 27 heavy (non-hydrogen) atoms. The van der Waals surface area contributed by atoms with Gasteiger partial charge in [0.05, 0.1) is 23.7 Å². The molecule has 2 aliphatic heterocycles. The third-order valence-corrected chi connectivity index (χ3v) is 5.14. The Balaban J connectivity index is 1.40. The van der Waals surface area contributed by atoms with E-state index in [0.717, 1.165) is 25.1 Å². The van der Waals surface area contributed by atoms with Gasteiger partial charge >= 0.3 is 0 Å². The lowest BCUT2D eigenvalue weighted by Crippen LogP contribution is -2.47. The summed E-state index contributed by atoms with van der Waals surface area (Å²) in [5.41, 5.74) is 1.69. The van der Waals surface area contributed by atoms with Crippen molar-refractivity contribution in [2.75, 3.05) is 25.1 Å². The van der Waals surface area contributed by atoms with Gasteiger partial charge in [0.2, 0.25) is 5.91 Å². The molecule has 2 aromatic rings. The molecule has 2 aliphatic rings. The van der Waals surface area contributed by atoms with Crippen LogP contribution in [0.2, 0.25) is 0 Å². The first-order valence-electron chi connectivity index (χ1n) is 9.17. The molecular formula is C21H21N3O3. The number of amides is 3. The van der Waals surface area contributed by atoms with Crippen LogP contribution in [0, 0.1) is 5.92 Å². The zero-order valence-corrected chi connectivity index (χ0v) is 14.9. The second-order valence-electron chi connectivity index (χ2n) is 7.00. The SMILES string of the molecule is O=C(Nc1ccccc1)C1CCCN(CN2C(=O)c3ccccc3C2=O)C1. The number of piperidine rings is 1. The largest absolute Gasteiger partial charge is 0.326 e. The first kappa shape index (κ1) is 17.4. The Morgan fingerprint density at radius 3 is 2.26 bits per heavy atom. The summed E-state index contributed by atoms with van der Waals surface area (Å²) in [6.45, 7) is 1.52. The topological polar surface area (TPSA) is 69.7 Å². The van der Waals surface area contributed by atoms with Crippen LogP contribution in [0.3, 0.4) is 0 Å². The van der Waals surface area contributed by atoms with E-state index in [1.165, 1.54) is 4.90 Å². The van der Waals surface area contributed by atoms with Crippen LogP contribution in [0.4, 0.5) is 5.69 Å². The van der Waals surface area contributed by atoms with E-state index < -0.39 is 0 Å². The lowest BCUT2D eigenvalue weighted by atomic mass is 9.97. The Bertz CT molecular complexity index is 846. The van der Waals surface area contributed by atoms with Crippen molar-refractivity contribution in [2.45, 2.75) is 12.8 Å². The van der Waals surface area contributed by atoms with E-state index in [1.54, 1.807) is 24.3 Å². The number of imide groups is 1. The third-order valence-electron chi connectivity index (χ3n) is 5.14. The van der Waals surface area contributed by atoms with Crippen LogP contribution in [-0.4, -0.2) is 47.3 Å². The van der Waals surface area contributed by atoms with Gasteiger partial charge in [-0.3, -0.25) is 24.2 Å². The van der Waals surface area contributed by atoms with Crippen LogP contribution in [0.25, 0.3) is 0 Å². The first-order valence-corrected chi connectivity index (χ1v) is 9.17. The monoisotopic (exact) mass is 363 g/mol. The number of nitrogens with zero attached hydrogens (tertiary/aromatic N) is 2. The van der Waals surface area contributed by atoms with Crippen molar-refractivity contribution in [3.63, 3.8) is 0 Å². The summed E-state index contributed by atoms with van der Waals surface area (Å²) in [7, 11) is 0. The van der Waals surface area contributed by atoms with Crippen LogP contribution in [-0.2, 0) is 4.79 Å². The van der Waals surface area contributed by atoms with E-state index in [1.807, 2.05) is 35.2 Å². The third kappa shape index (κ3) is 3.48. The maximum absolute atomic E-state index is 12.6. The molecule has 6 heteroatoms. The van der Waals surface area contributed by atoms with Crippen LogP contribution in [0.15, 0.2) is 54.6 Å². The molecule has 2 heterocycles. The predicted octanol–water partition coefficient (Wildman–Crippen LogP) is 2.59. The number of para-hydroxylation sites is 1. The van der Waals surface area contributed by atoms with Crippen molar-refractivity contribution in [3.8, 4) is 0 Å². The molecule has 3 amide bonds. The number of fused-ring (bicyclic) bond motifs is 1. The van der Waals surface area contributed by atoms with Gasteiger partial charge in [0, 0.05) is 12.2 Å². The number of anilines is 1. The minimum absolute atomic E-state index is 0.0201. The fraction of sp³-hybridized carbons (Fsp3) is 0.286. The van der Waals surface area contributed by atoms with Gasteiger partial charge in [0.1, 0.15) is 0 Å². The van der Waals surface area contributed by atoms with E-state index in [4.69, 9.17) is 0 Å². The molecule has 1 unspecified atom stereocenters. The van der Waals surface area contributed by atoms with E-state index >= 15 is 0 Å². The Morgan fingerprint density at radius 2 is 1.59 bits per heavy atom. The number of likely N-dealkylation sites (tertiary alicyclic amines) is 1. The number of carbonyl (C=O) groups is 3. The molecule has 0 spiro atoms. The second kappa shape index (κ2) is 7.32. The van der Waals surface area contributed by atoms with Crippen LogP contribution in [0.1, 0.15) is 33.6 Å². The van der Waals surface area contributed by atoms with Gasteiger partial charge in [-0.2, -0.15) is 0 Å². The summed E-state index contributed by atoms with van der Waals surface area (Å²) in [4.78, 5) is 40.9. The molecule has 138 valence electrons. The normalized spacial score (nSPS) is 19.9. The molecule has 1 N–H and O–H groups in total. The van der Waals surface area contributed by atoms with Crippen molar-refractivity contribution in [2.24, 2.45) is 5.92 Å². The highest BCUT2D eigenvalue weighted by Crippen LogP contribution is 2.25. The number of benzene rings is 2. The van der Waals surface area contributed by atoms with Crippen molar-refractivity contribution in [1.29, 1.82) is 0 Å². The highest BCUT2D eigenvalue weighted by molar-refractivity contribution is 6.21. The molecule has 0 saturated carbocycles. The molecular weight excluding hydrogens is 342 g/mol. The van der Waals surface area contributed by atoms with Crippen LogP contribution < -0.4 is 5.32 Å². The fourth-order valence-corrected chi connectivity index (χ4v) is 3.73. The number of hydrogen-bond acceptors (Lipinski definition) is 4. The van der Waals surface area contributed by atoms with Gasteiger partial charge in [0.25, 0.3) is 11.8 Å². The van der Waals surface area contributed by atoms with E-state index in [2.05, 4.69) is 5.32 Å². The van der Waals surface area contributed by atoms with Crippen LogP contribution in [0.5, 0.6) is 0 Å². The van der Waals surface area contributed by atoms with Gasteiger partial charge in [-0.1, -0.05) is 30.3 Å². The Kier molecular flexibility index (Phi) is 4.73. The number of nitrogens with one attached hydrogen (secondary N) is 1. The molecule has 4 rings (SSSR count). The Labute approximate surface area is 157 Å². The molecule has 6 nitrogen and oxygen atoms in total. The van der Waals surface area contributed by atoms with Crippen LogP contribution >= 0.6 is 0 Å². The second-order valence-corrected chi connectivity index (χ2v) is 7.00. The Hall–Kier alpha value is -2.99. The van der Waals surface area contributed by atoms with E-state index in [9.17, 15) is 14.4 Å². The van der Waals surface area contributed by atoms with E-state index in [-0.39, 0.29) is 30.3 Å². The minimum Gasteiger partial charge on any atom is -0.326 e. The highest BCUT2D eigenvalue weighted by atomic mass is 16.2. The average molecular weight is 363 g/mol. The molecule has 1 saturated heterocycles. The predicted molar refractivity (Wildman–Crippen MR) is 101 cm³/mol. The summed E-state index contributed by atoms with van der Waals surface area (Å²) in [5.74, 6) is -0.694. The van der Waals surface area contributed by atoms with Crippen molar-refractivity contribution in [3.05, 3.63) is 65.7 Å². The maximum Gasteiger partial charge on any atom is 0.262 e. The molecule has 0 bridgehead atoms. The summed E-state index contributed by atoms with van der Waals surface area (Å²) in [5, 5.41) is 2.94. The lowest BCUT2D eigenvalue weighted by Gasteiger charge is -2.33. The van der Waals surface area contributed by atoms with Crippen molar-refractivity contribution in [1.82, 2.24) is 9.80 Å². The zero-order valence-electron chi connectivity index (χ0n) is 14.9. The smallest absolute Gasteiger partial charge is 0.262 e. The van der Waals surface area contributed by atoms with Gasteiger partial charge in [-0.25, -0.2) is 0 Å². The number of carbonyl (C=O) groups excluding carboxylic acids is 3. The summed E-state index contributed by atoms with van der Waals surface area (Å²) < 4.78 is 0. The molecule has 0 radical (unpaired) electrons. The number of rotatable bonds is 4. The standard InChI is InChI=1S/C21H21N3O3/c25-19(22-16-8-2-1-3-9-16)15-7-6-12-23(13-15)14-24-20(26)17-10-4-5-11-18(17)21(24)27/h1-5,8-11,15H,6-7,12-14H2,(H,22,25). The highest BCUT2D eigenvalue weighted by Gasteiger charge is 2.37. The molecule has 2 aromatic carbocycles.